The van der Waals surface area contributed by atoms with Crippen molar-refractivity contribution < 1.29 is 14.5 Å². The molecule has 78 valence electrons. The molecule has 1 heterocycles. The van der Waals surface area contributed by atoms with Crippen LogP contribution in [-0.2, 0) is 14.5 Å². The molecule has 1 atom stereocenters. The van der Waals surface area contributed by atoms with Crippen molar-refractivity contribution in [1.82, 2.24) is 0 Å². The molecule has 1 fully saturated rings. The van der Waals surface area contributed by atoms with E-state index in [0.29, 0.717) is 5.41 Å². The number of hydrogen-bond donors (Lipinski definition) is 0. The number of ether oxygens (including phenoxy) is 1. The van der Waals surface area contributed by atoms with Gasteiger partial charge in [0, 0.05) is 0 Å². The molecule has 0 N–H and O–H groups in total. The molecular formula is C10H20O3. The summed E-state index contributed by atoms with van der Waals surface area (Å²) in [6.07, 6.45) is 2.21. The molecule has 0 aromatic rings. The van der Waals surface area contributed by atoms with Gasteiger partial charge in [-0.2, -0.15) is 9.78 Å². The van der Waals surface area contributed by atoms with Crippen LogP contribution in [0.1, 0.15) is 40.5 Å². The Kier molecular flexibility index (Phi) is 3.71. The molecule has 0 aromatic carbocycles. The van der Waals surface area contributed by atoms with Crippen LogP contribution in [0, 0.1) is 5.41 Å². The topological polar surface area (TPSA) is 34.3 Å². The second kappa shape index (κ2) is 4.40. The molecule has 0 aliphatic carbocycles. The van der Waals surface area contributed by atoms with Gasteiger partial charge in [0.25, 0.3) is 0 Å². The Balaban J connectivity index is 2.22. The highest BCUT2D eigenvalue weighted by atomic mass is 17.4. The van der Waals surface area contributed by atoms with Gasteiger partial charge in [0.1, 0.15) is 6.10 Å². The van der Waals surface area contributed by atoms with E-state index < -0.39 is 0 Å². The maximum absolute atomic E-state index is 5.66. The lowest BCUT2D eigenvalue weighted by molar-refractivity contribution is -0.0115. The largest absolute Gasteiger partial charge is 0.372 e. The van der Waals surface area contributed by atoms with E-state index in [1.165, 1.54) is 0 Å². The van der Waals surface area contributed by atoms with Gasteiger partial charge < -0.3 is 4.74 Å². The van der Waals surface area contributed by atoms with E-state index in [1.54, 1.807) is 0 Å². The summed E-state index contributed by atoms with van der Waals surface area (Å²) in [5.41, 5.74) is 0.295. The third-order valence-electron chi connectivity index (χ3n) is 2.99. The summed E-state index contributed by atoms with van der Waals surface area (Å²) in [7, 11) is 0. The van der Waals surface area contributed by atoms with E-state index in [1.807, 2.05) is 6.92 Å². The van der Waals surface area contributed by atoms with E-state index >= 15 is 0 Å². The standard InChI is InChI=1S/C10H20O3/c1-5-10(4,6-2)7-11-8(3)9-12-13-9/h8-9H,5-7H2,1-4H3. The van der Waals surface area contributed by atoms with E-state index in [0.717, 1.165) is 19.4 Å². The summed E-state index contributed by atoms with van der Waals surface area (Å²) in [6, 6.07) is 0. The molecule has 0 spiro atoms. The van der Waals surface area contributed by atoms with Crippen LogP contribution in [0.2, 0.25) is 0 Å². The Hall–Kier alpha value is -0.120. The molecule has 1 aliphatic heterocycles. The monoisotopic (exact) mass is 188 g/mol. The lowest BCUT2D eigenvalue weighted by atomic mass is 9.86. The highest BCUT2D eigenvalue weighted by molar-refractivity contribution is 4.71. The molecule has 13 heavy (non-hydrogen) atoms. The van der Waals surface area contributed by atoms with Crippen LogP contribution in [0.25, 0.3) is 0 Å². The molecule has 0 bridgehead atoms. The highest BCUT2D eigenvalue weighted by Crippen LogP contribution is 2.28. The average molecular weight is 188 g/mol. The summed E-state index contributed by atoms with van der Waals surface area (Å²) < 4.78 is 5.66. The lowest BCUT2D eigenvalue weighted by Gasteiger charge is -2.27. The van der Waals surface area contributed by atoms with Crippen molar-refractivity contribution in [3.8, 4) is 0 Å². The van der Waals surface area contributed by atoms with Crippen molar-refractivity contribution in [2.24, 2.45) is 5.41 Å². The molecule has 0 saturated carbocycles. The van der Waals surface area contributed by atoms with Gasteiger partial charge in [-0.1, -0.05) is 20.8 Å². The van der Waals surface area contributed by atoms with Crippen LogP contribution in [0.4, 0.5) is 0 Å². The van der Waals surface area contributed by atoms with Crippen molar-refractivity contribution in [3.05, 3.63) is 0 Å². The van der Waals surface area contributed by atoms with Crippen molar-refractivity contribution in [2.75, 3.05) is 6.61 Å². The second-order valence-electron chi connectivity index (χ2n) is 4.09. The first-order chi connectivity index (χ1) is 6.11. The quantitative estimate of drug-likeness (QED) is 0.474. The molecule has 0 radical (unpaired) electrons. The van der Waals surface area contributed by atoms with Gasteiger partial charge in [-0.15, -0.1) is 0 Å². The minimum Gasteiger partial charge on any atom is -0.372 e. The third-order valence-corrected chi connectivity index (χ3v) is 2.99. The first-order valence-corrected chi connectivity index (χ1v) is 5.05. The Morgan fingerprint density at radius 3 is 2.23 bits per heavy atom. The number of hydrogen-bond acceptors (Lipinski definition) is 3. The molecule has 1 aliphatic rings. The van der Waals surface area contributed by atoms with Crippen LogP contribution < -0.4 is 0 Å². The fraction of sp³-hybridized carbons (Fsp3) is 1.00. The minimum absolute atomic E-state index is 0.0532. The molecule has 1 unspecified atom stereocenters. The molecule has 1 saturated heterocycles. The van der Waals surface area contributed by atoms with Gasteiger partial charge in [0.2, 0.25) is 6.29 Å². The van der Waals surface area contributed by atoms with Gasteiger partial charge in [0.15, 0.2) is 0 Å². The highest BCUT2D eigenvalue weighted by Gasteiger charge is 2.34. The molecule has 1 rings (SSSR count). The molecule has 0 aromatic heterocycles. The van der Waals surface area contributed by atoms with Gasteiger partial charge in [-0.25, -0.2) is 0 Å². The van der Waals surface area contributed by atoms with E-state index in [4.69, 9.17) is 4.74 Å². The summed E-state index contributed by atoms with van der Waals surface area (Å²) in [6.45, 7) is 9.39. The zero-order valence-corrected chi connectivity index (χ0v) is 9.00. The van der Waals surface area contributed by atoms with Crippen LogP contribution in [0.3, 0.4) is 0 Å². The Labute approximate surface area is 80.3 Å². The molecular weight excluding hydrogens is 168 g/mol. The maximum Gasteiger partial charge on any atom is 0.250 e. The molecule has 3 nitrogen and oxygen atoms in total. The Morgan fingerprint density at radius 1 is 1.31 bits per heavy atom. The van der Waals surface area contributed by atoms with Crippen molar-refractivity contribution >= 4 is 0 Å². The van der Waals surface area contributed by atoms with Gasteiger partial charge in [0.05, 0.1) is 6.61 Å². The summed E-state index contributed by atoms with van der Waals surface area (Å²) in [5, 5.41) is 0. The second-order valence-corrected chi connectivity index (χ2v) is 4.09. The average Bonchev–Trinajstić information content (AvgIpc) is 2.97. The van der Waals surface area contributed by atoms with Crippen molar-refractivity contribution in [2.45, 2.75) is 52.9 Å². The summed E-state index contributed by atoms with van der Waals surface area (Å²) in [5.74, 6) is 0. The third kappa shape index (κ3) is 3.25. The Bertz CT molecular complexity index is 150. The van der Waals surface area contributed by atoms with Crippen LogP contribution in [0.5, 0.6) is 0 Å². The Morgan fingerprint density at radius 2 is 1.85 bits per heavy atom. The predicted octanol–water partition coefficient (Wildman–Crippen LogP) is 2.51. The van der Waals surface area contributed by atoms with Gasteiger partial charge in [-0.05, 0) is 25.2 Å². The van der Waals surface area contributed by atoms with Gasteiger partial charge in [-0.3, -0.25) is 0 Å². The summed E-state index contributed by atoms with van der Waals surface area (Å²) >= 11 is 0. The first kappa shape index (κ1) is 11.0. The smallest absolute Gasteiger partial charge is 0.250 e. The van der Waals surface area contributed by atoms with E-state index in [-0.39, 0.29) is 12.4 Å². The van der Waals surface area contributed by atoms with E-state index in [2.05, 4.69) is 30.5 Å². The molecule has 0 amide bonds. The summed E-state index contributed by atoms with van der Waals surface area (Å²) in [4.78, 5) is 9.36. The minimum atomic E-state index is -0.127. The van der Waals surface area contributed by atoms with Crippen LogP contribution in [-0.4, -0.2) is 19.0 Å². The zero-order valence-electron chi connectivity index (χ0n) is 9.00. The zero-order chi connectivity index (χ0) is 9.90. The van der Waals surface area contributed by atoms with E-state index in [9.17, 15) is 0 Å². The predicted molar refractivity (Wildman–Crippen MR) is 50.1 cm³/mol. The lowest BCUT2D eigenvalue weighted by Crippen LogP contribution is -2.26. The van der Waals surface area contributed by atoms with Crippen LogP contribution in [0.15, 0.2) is 0 Å². The molecule has 3 heteroatoms. The van der Waals surface area contributed by atoms with Crippen LogP contribution >= 0.6 is 0 Å². The SMILES string of the molecule is CCC(C)(CC)COC(C)C1OO1. The van der Waals surface area contributed by atoms with Gasteiger partial charge >= 0.3 is 0 Å². The fourth-order valence-electron chi connectivity index (χ4n) is 1.05. The maximum atomic E-state index is 5.66. The fourth-order valence-corrected chi connectivity index (χ4v) is 1.05. The van der Waals surface area contributed by atoms with Crippen molar-refractivity contribution in [1.29, 1.82) is 0 Å². The normalized spacial score (nSPS) is 20.3. The van der Waals surface area contributed by atoms with Crippen molar-refractivity contribution in [3.63, 3.8) is 0 Å². The first-order valence-electron chi connectivity index (χ1n) is 5.05. The number of rotatable bonds is 6.